The molecule has 16 heavy (non-hydrogen) atoms. The highest BCUT2D eigenvalue weighted by Gasteiger charge is 2.09. The minimum Gasteiger partial charge on any atom is -0.462 e. The van der Waals surface area contributed by atoms with Crippen molar-refractivity contribution in [1.29, 1.82) is 0 Å². The van der Waals surface area contributed by atoms with Gasteiger partial charge in [0.15, 0.2) is 0 Å². The maximum atomic E-state index is 11.7. The van der Waals surface area contributed by atoms with Crippen LogP contribution in [0.15, 0.2) is 24.3 Å². The van der Waals surface area contributed by atoms with Crippen LogP contribution in [0.1, 0.15) is 22.3 Å². The molecule has 0 bridgehead atoms. The molecule has 0 amide bonds. The summed E-state index contributed by atoms with van der Waals surface area (Å²) >= 11 is 0. The van der Waals surface area contributed by atoms with Gasteiger partial charge in [-0.25, -0.2) is 4.79 Å². The lowest BCUT2D eigenvalue weighted by atomic mass is 10.1. The molecule has 0 aliphatic carbocycles. The first kappa shape index (κ1) is 12.7. The maximum absolute atomic E-state index is 11.7. The molecule has 3 nitrogen and oxygen atoms in total. The van der Waals surface area contributed by atoms with Crippen molar-refractivity contribution in [3.8, 4) is 0 Å². The molecule has 0 aliphatic heterocycles. The molecule has 0 saturated heterocycles. The molecule has 1 N–H and O–H groups in total. The maximum Gasteiger partial charge on any atom is 0.338 e. The molecular formula is C13H20NO2+. The molecule has 0 unspecified atom stereocenters. The summed E-state index contributed by atoms with van der Waals surface area (Å²) in [6.07, 6.45) is 0.903. The Labute approximate surface area is 97.0 Å². The lowest BCUT2D eigenvalue weighted by Gasteiger charge is -2.08. The van der Waals surface area contributed by atoms with Gasteiger partial charge in [0.25, 0.3) is 0 Å². The van der Waals surface area contributed by atoms with E-state index in [9.17, 15) is 4.79 Å². The monoisotopic (exact) mass is 222 g/mol. The number of esters is 1. The van der Waals surface area contributed by atoms with Gasteiger partial charge in [0, 0.05) is 6.42 Å². The second-order valence-electron chi connectivity index (χ2n) is 4.26. The number of ether oxygens (including phenoxy) is 1. The number of quaternary nitrogens is 1. The molecule has 3 heteroatoms. The van der Waals surface area contributed by atoms with Crippen molar-refractivity contribution in [2.45, 2.75) is 13.3 Å². The fourth-order valence-electron chi connectivity index (χ4n) is 1.47. The van der Waals surface area contributed by atoms with Gasteiger partial charge in [-0.2, -0.15) is 0 Å². The van der Waals surface area contributed by atoms with Crippen LogP contribution >= 0.6 is 0 Å². The van der Waals surface area contributed by atoms with E-state index >= 15 is 0 Å². The summed E-state index contributed by atoms with van der Waals surface area (Å²) in [6, 6.07) is 7.49. The molecule has 1 aromatic carbocycles. The summed E-state index contributed by atoms with van der Waals surface area (Å²) < 4.78 is 5.21. The zero-order chi connectivity index (χ0) is 12.0. The van der Waals surface area contributed by atoms with Crippen LogP contribution in [0.25, 0.3) is 0 Å². The van der Waals surface area contributed by atoms with E-state index in [0.717, 1.165) is 18.5 Å². The summed E-state index contributed by atoms with van der Waals surface area (Å²) in [5.74, 6) is -0.216. The predicted molar refractivity (Wildman–Crippen MR) is 63.8 cm³/mol. The Bertz CT molecular complexity index is 348. The van der Waals surface area contributed by atoms with Gasteiger partial charge in [-0.05, 0) is 18.6 Å². The largest absolute Gasteiger partial charge is 0.462 e. The number of hydrogen-bond acceptors (Lipinski definition) is 2. The molecule has 0 aliphatic rings. The summed E-state index contributed by atoms with van der Waals surface area (Å²) in [5.41, 5.74) is 1.63. The molecular weight excluding hydrogens is 202 g/mol. The molecule has 0 heterocycles. The van der Waals surface area contributed by atoms with Gasteiger partial charge in [0.05, 0.1) is 32.8 Å². The van der Waals surface area contributed by atoms with E-state index in [4.69, 9.17) is 4.74 Å². The van der Waals surface area contributed by atoms with Gasteiger partial charge in [-0.1, -0.05) is 18.2 Å². The van der Waals surface area contributed by atoms with Crippen LogP contribution in [0.2, 0.25) is 0 Å². The first-order valence-corrected chi connectivity index (χ1v) is 5.63. The molecule has 0 saturated carbocycles. The number of nitrogens with one attached hydrogen (secondary N) is 1. The minimum absolute atomic E-state index is 0.216. The highest BCUT2D eigenvalue weighted by atomic mass is 16.5. The second-order valence-corrected chi connectivity index (χ2v) is 4.26. The van der Waals surface area contributed by atoms with E-state index in [2.05, 4.69) is 14.1 Å². The van der Waals surface area contributed by atoms with Gasteiger partial charge < -0.3 is 9.64 Å². The van der Waals surface area contributed by atoms with Crippen molar-refractivity contribution in [1.82, 2.24) is 0 Å². The fraction of sp³-hybridized carbons (Fsp3) is 0.462. The number of carbonyl (C=O) groups excluding carboxylic acids is 1. The normalized spacial score (nSPS) is 10.5. The topological polar surface area (TPSA) is 30.7 Å². The van der Waals surface area contributed by atoms with Gasteiger partial charge >= 0.3 is 5.97 Å². The Hall–Kier alpha value is -1.35. The average molecular weight is 222 g/mol. The van der Waals surface area contributed by atoms with Crippen LogP contribution in [0.3, 0.4) is 0 Å². The van der Waals surface area contributed by atoms with Crippen molar-refractivity contribution < 1.29 is 14.4 Å². The minimum atomic E-state index is -0.216. The first-order chi connectivity index (χ1) is 7.61. The number of aryl methyl sites for hydroxylation is 1. The van der Waals surface area contributed by atoms with Crippen LogP contribution in [-0.2, 0) is 4.74 Å². The van der Waals surface area contributed by atoms with Crippen molar-refractivity contribution in [3.63, 3.8) is 0 Å². The van der Waals surface area contributed by atoms with E-state index in [1.54, 1.807) is 6.07 Å². The Morgan fingerprint density at radius 1 is 1.31 bits per heavy atom. The summed E-state index contributed by atoms with van der Waals surface area (Å²) in [4.78, 5) is 13.0. The van der Waals surface area contributed by atoms with E-state index in [1.807, 2.05) is 25.1 Å². The Morgan fingerprint density at radius 2 is 2.00 bits per heavy atom. The third-order valence-electron chi connectivity index (χ3n) is 2.42. The SMILES string of the molecule is Cc1ccccc1C(=O)OCCC[NH+](C)C. The van der Waals surface area contributed by atoms with Crippen LogP contribution in [0.5, 0.6) is 0 Å². The number of hydrogen-bond donors (Lipinski definition) is 1. The molecule has 0 fully saturated rings. The number of carbonyl (C=O) groups is 1. The number of rotatable bonds is 5. The molecule has 0 aromatic heterocycles. The summed E-state index contributed by atoms with van der Waals surface area (Å²) in [7, 11) is 4.17. The Morgan fingerprint density at radius 3 is 2.62 bits per heavy atom. The van der Waals surface area contributed by atoms with Crippen molar-refractivity contribution in [3.05, 3.63) is 35.4 Å². The molecule has 0 atom stereocenters. The van der Waals surface area contributed by atoms with Crippen molar-refractivity contribution >= 4 is 5.97 Å². The van der Waals surface area contributed by atoms with Crippen molar-refractivity contribution in [2.75, 3.05) is 27.2 Å². The lowest BCUT2D eigenvalue weighted by molar-refractivity contribution is -0.858. The van der Waals surface area contributed by atoms with Gasteiger partial charge in [-0.3, -0.25) is 0 Å². The Balaban J connectivity index is 2.39. The molecule has 88 valence electrons. The van der Waals surface area contributed by atoms with Crippen LogP contribution < -0.4 is 4.90 Å². The molecule has 0 radical (unpaired) electrons. The quantitative estimate of drug-likeness (QED) is 0.587. The highest BCUT2D eigenvalue weighted by molar-refractivity contribution is 5.90. The zero-order valence-electron chi connectivity index (χ0n) is 10.2. The van der Waals surface area contributed by atoms with E-state index in [0.29, 0.717) is 12.2 Å². The first-order valence-electron chi connectivity index (χ1n) is 5.63. The average Bonchev–Trinajstić information content (AvgIpc) is 2.24. The second kappa shape index (κ2) is 6.28. The van der Waals surface area contributed by atoms with Crippen LogP contribution in [0, 0.1) is 6.92 Å². The summed E-state index contributed by atoms with van der Waals surface area (Å²) in [6.45, 7) is 3.43. The number of benzene rings is 1. The van der Waals surface area contributed by atoms with Crippen molar-refractivity contribution in [2.24, 2.45) is 0 Å². The lowest BCUT2D eigenvalue weighted by Crippen LogP contribution is -3.05. The molecule has 1 rings (SSSR count). The third kappa shape index (κ3) is 4.03. The van der Waals surface area contributed by atoms with Crippen LogP contribution in [-0.4, -0.2) is 33.2 Å². The Kier molecular flexibility index (Phi) is 4.99. The van der Waals surface area contributed by atoms with Gasteiger partial charge in [0.2, 0.25) is 0 Å². The molecule has 0 spiro atoms. The van der Waals surface area contributed by atoms with Gasteiger partial charge in [-0.15, -0.1) is 0 Å². The zero-order valence-corrected chi connectivity index (χ0v) is 10.2. The van der Waals surface area contributed by atoms with Gasteiger partial charge in [0.1, 0.15) is 0 Å². The summed E-state index contributed by atoms with van der Waals surface area (Å²) in [5, 5.41) is 0. The fourth-order valence-corrected chi connectivity index (χ4v) is 1.47. The molecule has 1 aromatic rings. The predicted octanol–water partition coefficient (Wildman–Crippen LogP) is 0.686. The van der Waals surface area contributed by atoms with E-state index < -0.39 is 0 Å². The third-order valence-corrected chi connectivity index (χ3v) is 2.42. The van der Waals surface area contributed by atoms with Crippen LogP contribution in [0.4, 0.5) is 0 Å². The standard InChI is InChI=1S/C13H19NO2/c1-11-7-4-5-8-12(11)13(15)16-10-6-9-14(2)3/h4-5,7-8H,6,9-10H2,1-3H3/p+1. The highest BCUT2D eigenvalue weighted by Crippen LogP contribution is 2.08. The van der Waals surface area contributed by atoms with E-state index in [-0.39, 0.29) is 5.97 Å². The smallest absolute Gasteiger partial charge is 0.338 e. The van der Waals surface area contributed by atoms with E-state index in [1.165, 1.54) is 4.90 Å².